The molecular formula is C10H19O4P. The summed E-state index contributed by atoms with van der Waals surface area (Å²) in [4.78, 5) is 0. The van der Waals surface area contributed by atoms with Gasteiger partial charge in [-0.3, -0.25) is 4.57 Å². The molecule has 0 bridgehead atoms. The van der Waals surface area contributed by atoms with Gasteiger partial charge < -0.3 is 14.2 Å². The second-order valence-electron chi connectivity index (χ2n) is 2.69. The van der Waals surface area contributed by atoms with E-state index in [0.717, 1.165) is 6.42 Å². The van der Waals surface area contributed by atoms with Crippen LogP contribution in [0.2, 0.25) is 0 Å². The Bertz CT molecular complexity index is 269. The Morgan fingerprint density at radius 2 is 1.87 bits per heavy atom. The zero-order valence-electron chi connectivity index (χ0n) is 9.52. The molecular weight excluding hydrogens is 215 g/mol. The second-order valence-corrected chi connectivity index (χ2v) is 4.75. The highest BCUT2D eigenvalue weighted by molar-refractivity contribution is 7.58. The SMILES string of the molecule is CCC=C=C(CO)P(=O)(OCC)OCC. The van der Waals surface area contributed by atoms with Crippen molar-refractivity contribution in [2.75, 3.05) is 19.8 Å². The van der Waals surface area contributed by atoms with Gasteiger partial charge in [0.05, 0.1) is 19.8 Å². The molecule has 0 fully saturated rings. The minimum Gasteiger partial charge on any atom is -0.391 e. The van der Waals surface area contributed by atoms with Crippen molar-refractivity contribution in [2.45, 2.75) is 27.2 Å². The highest BCUT2D eigenvalue weighted by Gasteiger charge is 2.28. The van der Waals surface area contributed by atoms with Crippen LogP contribution in [-0.4, -0.2) is 24.9 Å². The summed E-state index contributed by atoms with van der Waals surface area (Å²) in [6.45, 7) is 5.56. The Labute approximate surface area is 91.1 Å². The van der Waals surface area contributed by atoms with Gasteiger partial charge in [-0.2, -0.15) is 0 Å². The van der Waals surface area contributed by atoms with Gasteiger partial charge in [-0.15, -0.1) is 5.73 Å². The Kier molecular flexibility index (Phi) is 7.67. The normalized spacial score (nSPS) is 10.9. The first kappa shape index (κ1) is 14.6. The van der Waals surface area contributed by atoms with E-state index in [4.69, 9.17) is 14.2 Å². The van der Waals surface area contributed by atoms with Gasteiger partial charge in [0.25, 0.3) is 0 Å². The highest BCUT2D eigenvalue weighted by atomic mass is 31.2. The quantitative estimate of drug-likeness (QED) is 0.543. The third-order valence-electron chi connectivity index (χ3n) is 1.55. The van der Waals surface area contributed by atoms with E-state index < -0.39 is 7.60 Å². The molecule has 0 rings (SSSR count). The molecule has 0 aliphatic rings. The molecule has 15 heavy (non-hydrogen) atoms. The van der Waals surface area contributed by atoms with Crippen LogP contribution >= 0.6 is 7.60 Å². The van der Waals surface area contributed by atoms with Crippen LogP contribution < -0.4 is 0 Å². The van der Waals surface area contributed by atoms with Gasteiger partial charge in [-0.1, -0.05) is 6.92 Å². The van der Waals surface area contributed by atoms with Gasteiger partial charge in [0.15, 0.2) is 0 Å². The van der Waals surface area contributed by atoms with Crippen LogP contribution in [0.1, 0.15) is 27.2 Å². The molecule has 0 atom stereocenters. The summed E-state index contributed by atoms with van der Waals surface area (Å²) in [5.41, 5.74) is 2.76. The Morgan fingerprint density at radius 1 is 1.33 bits per heavy atom. The summed E-state index contributed by atoms with van der Waals surface area (Å²) in [7, 11) is -3.33. The molecule has 0 aromatic carbocycles. The van der Waals surface area contributed by atoms with Gasteiger partial charge in [-0.25, -0.2) is 0 Å². The van der Waals surface area contributed by atoms with Crippen LogP contribution in [0.25, 0.3) is 0 Å². The van der Waals surface area contributed by atoms with E-state index >= 15 is 0 Å². The van der Waals surface area contributed by atoms with Crippen LogP contribution in [0, 0.1) is 0 Å². The van der Waals surface area contributed by atoms with Crippen LogP contribution in [0.5, 0.6) is 0 Å². The molecule has 0 heterocycles. The van der Waals surface area contributed by atoms with Gasteiger partial charge in [-0.05, 0) is 26.3 Å². The van der Waals surface area contributed by atoms with E-state index in [1.807, 2.05) is 6.92 Å². The lowest BCUT2D eigenvalue weighted by Crippen LogP contribution is -2.01. The maximum atomic E-state index is 12.1. The van der Waals surface area contributed by atoms with Gasteiger partial charge in [0.2, 0.25) is 0 Å². The molecule has 0 aliphatic carbocycles. The molecule has 88 valence electrons. The van der Waals surface area contributed by atoms with Crippen LogP contribution in [0.15, 0.2) is 17.1 Å². The summed E-state index contributed by atoms with van der Waals surface area (Å²) in [6, 6.07) is 0. The molecule has 0 aromatic heterocycles. The average molecular weight is 234 g/mol. The predicted molar refractivity (Wildman–Crippen MR) is 59.8 cm³/mol. The lowest BCUT2D eigenvalue weighted by atomic mass is 10.4. The smallest absolute Gasteiger partial charge is 0.367 e. The standard InChI is InChI=1S/C10H19O4P/c1-4-7-8-10(9-11)15(12,13-5-2)14-6-3/h7,11H,4-6,9H2,1-3H3. The number of hydrogen-bond donors (Lipinski definition) is 1. The van der Waals surface area contributed by atoms with E-state index in [-0.39, 0.29) is 25.1 Å². The molecule has 1 N–H and O–H groups in total. The fraction of sp³-hybridized carbons (Fsp3) is 0.700. The third-order valence-corrected chi connectivity index (χ3v) is 3.68. The first-order valence-electron chi connectivity index (χ1n) is 5.09. The fourth-order valence-corrected chi connectivity index (χ4v) is 2.45. The Morgan fingerprint density at radius 3 is 2.20 bits per heavy atom. The minimum atomic E-state index is -3.33. The molecule has 0 radical (unpaired) electrons. The molecule has 0 aromatic rings. The zero-order valence-corrected chi connectivity index (χ0v) is 10.4. The first-order chi connectivity index (χ1) is 7.14. The van der Waals surface area contributed by atoms with E-state index in [2.05, 4.69) is 5.73 Å². The predicted octanol–water partition coefficient (Wildman–Crippen LogP) is 2.69. The maximum Gasteiger partial charge on any atom is 0.367 e. The fourth-order valence-electron chi connectivity index (χ4n) is 0.964. The average Bonchev–Trinajstić information content (AvgIpc) is 2.19. The van der Waals surface area contributed by atoms with Gasteiger partial charge in [0.1, 0.15) is 5.31 Å². The largest absolute Gasteiger partial charge is 0.391 e. The molecule has 0 unspecified atom stereocenters. The lowest BCUT2D eigenvalue weighted by molar-refractivity contribution is 0.220. The monoisotopic (exact) mass is 234 g/mol. The summed E-state index contributed by atoms with van der Waals surface area (Å²) in [5.74, 6) is 0. The van der Waals surface area contributed by atoms with Crippen molar-refractivity contribution in [3.8, 4) is 0 Å². The zero-order chi connectivity index (χ0) is 11.7. The van der Waals surface area contributed by atoms with E-state index in [0.29, 0.717) is 0 Å². The second kappa shape index (κ2) is 7.86. The number of rotatable bonds is 7. The minimum absolute atomic E-state index is 0.188. The summed E-state index contributed by atoms with van der Waals surface area (Å²) in [6.07, 6.45) is 2.44. The summed E-state index contributed by atoms with van der Waals surface area (Å²) >= 11 is 0. The molecule has 0 aliphatic heterocycles. The van der Waals surface area contributed by atoms with Crippen molar-refractivity contribution >= 4 is 7.60 Å². The van der Waals surface area contributed by atoms with E-state index in [9.17, 15) is 4.57 Å². The lowest BCUT2D eigenvalue weighted by Gasteiger charge is -2.16. The van der Waals surface area contributed by atoms with Crippen molar-refractivity contribution in [3.63, 3.8) is 0 Å². The number of hydrogen-bond acceptors (Lipinski definition) is 4. The Hall–Kier alpha value is -0.370. The maximum absolute atomic E-state index is 12.1. The summed E-state index contributed by atoms with van der Waals surface area (Å²) in [5, 5.41) is 9.28. The molecule has 5 heteroatoms. The molecule has 4 nitrogen and oxygen atoms in total. The van der Waals surface area contributed by atoms with Crippen LogP contribution in [0.4, 0.5) is 0 Å². The van der Waals surface area contributed by atoms with Crippen molar-refractivity contribution in [2.24, 2.45) is 0 Å². The molecule has 0 saturated carbocycles. The van der Waals surface area contributed by atoms with Crippen molar-refractivity contribution < 1.29 is 18.7 Å². The Balaban J connectivity index is 5.02. The number of aliphatic hydroxyl groups excluding tert-OH is 1. The van der Waals surface area contributed by atoms with Crippen LogP contribution in [0.3, 0.4) is 0 Å². The first-order valence-corrected chi connectivity index (χ1v) is 6.63. The highest BCUT2D eigenvalue weighted by Crippen LogP contribution is 2.55. The van der Waals surface area contributed by atoms with Crippen molar-refractivity contribution in [1.29, 1.82) is 0 Å². The van der Waals surface area contributed by atoms with E-state index in [1.54, 1.807) is 19.9 Å². The van der Waals surface area contributed by atoms with E-state index in [1.165, 1.54) is 0 Å². The number of aliphatic hydroxyl groups is 1. The molecule has 0 amide bonds. The van der Waals surface area contributed by atoms with Crippen LogP contribution in [-0.2, 0) is 13.6 Å². The molecule has 0 saturated heterocycles. The van der Waals surface area contributed by atoms with Crippen molar-refractivity contribution in [3.05, 3.63) is 17.1 Å². The van der Waals surface area contributed by atoms with Crippen molar-refractivity contribution in [1.82, 2.24) is 0 Å². The third kappa shape index (κ3) is 4.78. The topological polar surface area (TPSA) is 55.8 Å². The van der Waals surface area contributed by atoms with Gasteiger partial charge in [0, 0.05) is 0 Å². The molecule has 0 spiro atoms. The van der Waals surface area contributed by atoms with Gasteiger partial charge >= 0.3 is 7.60 Å². The summed E-state index contributed by atoms with van der Waals surface area (Å²) < 4.78 is 22.3.